The van der Waals surface area contributed by atoms with E-state index in [9.17, 15) is 0 Å². The van der Waals surface area contributed by atoms with Crippen LogP contribution in [0.5, 0.6) is 0 Å². The molecule has 5 nitrogen and oxygen atoms in total. The van der Waals surface area contributed by atoms with Gasteiger partial charge in [0.1, 0.15) is 11.5 Å². The molecule has 0 atom stereocenters. The van der Waals surface area contributed by atoms with E-state index in [4.69, 9.17) is 4.42 Å². The molecule has 2 aromatic heterocycles. The van der Waals surface area contributed by atoms with Crippen LogP contribution in [0.4, 0.5) is 0 Å². The van der Waals surface area contributed by atoms with Crippen LogP contribution < -0.4 is 5.32 Å². The Hall–Kier alpha value is -1.59. The van der Waals surface area contributed by atoms with Crippen LogP contribution in [0.3, 0.4) is 0 Å². The van der Waals surface area contributed by atoms with E-state index in [1.165, 1.54) is 5.56 Å². The van der Waals surface area contributed by atoms with E-state index in [0.717, 1.165) is 37.7 Å². The molecule has 0 aliphatic heterocycles. The van der Waals surface area contributed by atoms with Gasteiger partial charge in [-0.3, -0.25) is 9.58 Å². The number of hydrogen-bond donors (Lipinski definition) is 1. The summed E-state index contributed by atoms with van der Waals surface area (Å²) in [6.07, 6.45) is 3.93. The van der Waals surface area contributed by atoms with Gasteiger partial charge in [0.05, 0.1) is 19.3 Å². The average Bonchev–Trinajstić information content (AvgIpc) is 2.96. The summed E-state index contributed by atoms with van der Waals surface area (Å²) < 4.78 is 7.60. The average molecular weight is 262 g/mol. The molecule has 104 valence electrons. The highest BCUT2D eigenvalue weighted by molar-refractivity contribution is 5.08. The number of rotatable bonds is 7. The van der Waals surface area contributed by atoms with Crippen molar-refractivity contribution < 1.29 is 4.42 Å². The molecule has 0 bridgehead atoms. The van der Waals surface area contributed by atoms with Gasteiger partial charge in [-0.1, -0.05) is 6.92 Å². The molecule has 0 saturated heterocycles. The van der Waals surface area contributed by atoms with E-state index in [-0.39, 0.29) is 0 Å². The molecule has 0 aliphatic carbocycles. The van der Waals surface area contributed by atoms with E-state index >= 15 is 0 Å². The van der Waals surface area contributed by atoms with E-state index in [2.05, 4.69) is 29.3 Å². The van der Waals surface area contributed by atoms with E-state index in [1.54, 1.807) is 0 Å². The molecule has 0 spiro atoms. The number of nitrogens with one attached hydrogen (secondary N) is 1. The highest BCUT2D eigenvalue weighted by Crippen LogP contribution is 2.11. The van der Waals surface area contributed by atoms with Gasteiger partial charge in [0.2, 0.25) is 0 Å². The van der Waals surface area contributed by atoms with E-state index < -0.39 is 0 Å². The molecule has 1 N–H and O–H groups in total. The molecule has 0 fully saturated rings. The normalized spacial score (nSPS) is 11.4. The minimum absolute atomic E-state index is 0.794. The number of nitrogens with zero attached hydrogens (tertiary/aromatic N) is 3. The van der Waals surface area contributed by atoms with Crippen LogP contribution >= 0.6 is 0 Å². The van der Waals surface area contributed by atoms with Gasteiger partial charge in [-0.25, -0.2) is 0 Å². The monoisotopic (exact) mass is 262 g/mol. The molecule has 5 heteroatoms. The first kappa shape index (κ1) is 13.8. The van der Waals surface area contributed by atoms with Gasteiger partial charge in [-0.05, 0) is 25.7 Å². The quantitative estimate of drug-likeness (QED) is 0.826. The van der Waals surface area contributed by atoms with Crippen LogP contribution in [0.2, 0.25) is 0 Å². The van der Waals surface area contributed by atoms with Crippen LogP contribution in [0.1, 0.15) is 24.0 Å². The van der Waals surface area contributed by atoms with Crippen molar-refractivity contribution in [1.82, 2.24) is 20.0 Å². The first-order chi connectivity index (χ1) is 9.17. The number of furan rings is 1. The lowest BCUT2D eigenvalue weighted by Gasteiger charge is -2.13. The second-order valence-electron chi connectivity index (χ2n) is 4.84. The van der Waals surface area contributed by atoms with Crippen molar-refractivity contribution in [3.05, 3.63) is 41.6 Å². The summed E-state index contributed by atoms with van der Waals surface area (Å²) in [5.41, 5.74) is 1.21. The van der Waals surface area contributed by atoms with Gasteiger partial charge < -0.3 is 9.73 Å². The second-order valence-corrected chi connectivity index (χ2v) is 4.84. The molecule has 0 unspecified atom stereocenters. The first-order valence-electron chi connectivity index (χ1n) is 6.61. The molecule has 0 amide bonds. The molecule has 2 heterocycles. The second kappa shape index (κ2) is 6.54. The molecule has 2 rings (SSSR count). The predicted octanol–water partition coefficient (Wildman–Crippen LogP) is 1.75. The van der Waals surface area contributed by atoms with Crippen LogP contribution in [0.15, 0.2) is 28.9 Å². The topological polar surface area (TPSA) is 46.2 Å². The fraction of sp³-hybridized carbons (Fsp3) is 0.500. The lowest BCUT2D eigenvalue weighted by atomic mass is 10.3. The van der Waals surface area contributed by atoms with Crippen LogP contribution in [-0.4, -0.2) is 28.3 Å². The van der Waals surface area contributed by atoms with E-state index in [1.807, 2.05) is 36.3 Å². The first-order valence-corrected chi connectivity index (χ1v) is 6.61. The molecule has 0 saturated carbocycles. The number of hydrogen-bond acceptors (Lipinski definition) is 4. The van der Waals surface area contributed by atoms with Crippen molar-refractivity contribution in [3.8, 4) is 0 Å². The maximum Gasteiger partial charge on any atom is 0.118 e. The number of aromatic nitrogens is 2. The largest absolute Gasteiger partial charge is 0.463 e. The predicted molar refractivity (Wildman–Crippen MR) is 74.5 cm³/mol. The molecular weight excluding hydrogens is 240 g/mol. The fourth-order valence-electron chi connectivity index (χ4n) is 2.04. The molecule has 0 aliphatic rings. The third-order valence-corrected chi connectivity index (χ3v) is 2.90. The van der Waals surface area contributed by atoms with Crippen molar-refractivity contribution in [1.29, 1.82) is 0 Å². The standard InChI is InChI=1S/C14H22N4O/c1-4-15-8-13-5-6-14(19-13)11-17(2)9-12-7-16-18(3)10-12/h5-7,10,15H,4,8-9,11H2,1-3H3. The van der Waals surface area contributed by atoms with Crippen molar-refractivity contribution in [2.24, 2.45) is 7.05 Å². The van der Waals surface area contributed by atoms with Gasteiger partial charge >= 0.3 is 0 Å². The summed E-state index contributed by atoms with van der Waals surface area (Å²) in [6.45, 7) is 5.52. The Morgan fingerprint density at radius 1 is 1.32 bits per heavy atom. The van der Waals surface area contributed by atoms with Crippen LogP contribution in [-0.2, 0) is 26.7 Å². The summed E-state index contributed by atoms with van der Waals surface area (Å²) in [6, 6.07) is 4.09. The Balaban J connectivity index is 1.84. The Morgan fingerprint density at radius 3 is 2.79 bits per heavy atom. The zero-order valence-electron chi connectivity index (χ0n) is 11.9. The highest BCUT2D eigenvalue weighted by atomic mass is 16.3. The lowest BCUT2D eigenvalue weighted by molar-refractivity contribution is 0.282. The summed E-state index contributed by atoms with van der Waals surface area (Å²) in [7, 11) is 4.02. The summed E-state index contributed by atoms with van der Waals surface area (Å²) in [5.74, 6) is 1.99. The fourth-order valence-corrected chi connectivity index (χ4v) is 2.04. The van der Waals surface area contributed by atoms with Gasteiger partial charge in [-0.2, -0.15) is 5.10 Å². The summed E-state index contributed by atoms with van der Waals surface area (Å²) >= 11 is 0. The molecule has 0 aromatic carbocycles. The Bertz CT molecular complexity index is 503. The summed E-state index contributed by atoms with van der Waals surface area (Å²) in [5, 5.41) is 7.43. The van der Waals surface area contributed by atoms with Gasteiger partial charge in [0, 0.05) is 25.4 Å². The van der Waals surface area contributed by atoms with Gasteiger partial charge in [0.25, 0.3) is 0 Å². The SMILES string of the molecule is CCNCc1ccc(CN(C)Cc2cnn(C)c2)o1. The zero-order valence-corrected chi connectivity index (χ0v) is 11.9. The highest BCUT2D eigenvalue weighted by Gasteiger charge is 2.07. The lowest BCUT2D eigenvalue weighted by Crippen LogP contribution is -2.16. The van der Waals surface area contributed by atoms with Crippen molar-refractivity contribution >= 4 is 0 Å². The molecule has 2 aromatic rings. The minimum Gasteiger partial charge on any atom is -0.463 e. The van der Waals surface area contributed by atoms with Crippen molar-refractivity contribution in [2.45, 2.75) is 26.6 Å². The van der Waals surface area contributed by atoms with Crippen LogP contribution in [0.25, 0.3) is 0 Å². The third-order valence-electron chi connectivity index (χ3n) is 2.90. The third kappa shape index (κ3) is 4.22. The van der Waals surface area contributed by atoms with Crippen LogP contribution in [0, 0.1) is 0 Å². The summed E-state index contributed by atoms with van der Waals surface area (Å²) in [4.78, 5) is 2.22. The van der Waals surface area contributed by atoms with Gasteiger partial charge in [0.15, 0.2) is 0 Å². The molecular formula is C14H22N4O. The van der Waals surface area contributed by atoms with Crippen molar-refractivity contribution in [3.63, 3.8) is 0 Å². The molecule has 0 radical (unpaired) electrons. The Morgan fingerprint density at radius 2 is 2.11 bits per heavy atom. The zero-order chi connectivity index (χ0) is 13.7. The Kier molecular flexibility index (Phi) is 4.76. The Labute approximate surface area is 114 Å². The maximum absolute atomic E-state index is 5.77. The van der Waals surface area contributed by atoms with Gasteiger partial charge in [-0.15, -0.1) is 0 Å². The van der Waals surface area contributed by atoms with Crippen molar-refractivity contribution in [2.75, 3.05) is 13.6 Å². The molecule has 19 heavy (non-hydrogen) atoms. The van der Waals surface area contributed by atoms with E-state index in [0.29, 0.717) is 0 Å². The minimum atomic E-state index is 0.794. The number of aryl methyl sites for hydroxylation is 1. The maximum atomic E-state index is 5.77. The smallest absolute Gasteiger partial charge is 0.118 e.